The average Bonchev–Trinajstić information content (AvgIpc) is 3.88. The number of nitrogens with zero attached hydrogens (tertiary/aromatic N) is 2. The molecular weight excluding hydrogens is 629 g/mol. The smallest absolute Gasteiger partial charge is 0.178 e. The van der Waals surface area contributed by atoms with Crippen molar-refractivity contribution in [3.8, 4) is 11.1 Å². The standard InChI is InChI=1S/C45H31N4O2/c1-3-13-27(14-4-1)29-19-11-20-32-30-17-7-9-22-36(30)49(40(29)32)45-47-43(28-15-5-2-6-16-28)46-44(48-45)35-21-12-24-38-39(35)34-26-25-33-31-18-8-10-23-37(31)50-41(33)42(34)51-38/h1-26,43-47H/q-1. The molecule has 10 aromatic rings. The highest BCUT2D eigenvalue weighted by Gasteiger charge is 2.27. The molecular formula is C45H31N4O2-. The molecule has 0 saturated carbocycles. The Morgan fingerprint density at radius 3 is 2.06 bits per heavy atom. The molecule has 1 aliphatic rings. The van der Waals surface area contributed by atoms with E-state index in [1.807, 2.05) is 24.3 Å². The minimum Gasteiger partial charge on any atom is -0.610 e. The van der Waals surface area contributed by atoms with Gasteiger partial charge in [0.15, 0.2) is 11.2 Å². The molecule has 244 valence electrons. The van der Waals surface area contributed by atoms with Crippen LogP contribution in [0.25, 0.3) is 82.1 Å². The summed E-state index contributed by atoms with van der Waals surface area (Å²) in [7, 11) is 0. The molecule has 3 aromatic heterocycles. The second-order valence-electron chi connectivity index (χ2n) is 13.3. The van der Waals surface area contributed by atoms with Gasteiger partial charge in [0.05, 0.1) is 11.7 Å². The van der Waals surface area contributed by atoms with Crippen molar-refractivity contribution in [3.63, 3.8) is 0 Å². The number of rotatable bonds is 4. The molecule has 3 atom stereocenters. The second-order valence-corrected chi connectivity index (χ2v) is 13.3. The summed E-state index contributed by atoms with van der Waals surface area (Å²) < 4.78 is 15.4. The van der Waals surface area contributed by atoms with Gasteiger partial charge in [0.25, 0.3) is 0 Å². The maximum Gasteiger partial charge on any atom is 0.178 e. The van der Waals surface area contributed by atoms with Crippen LogP contribution in [0.2, 0.25) is 0 Å². The Labute approximate surface area is 292 Å². The van der Waals surface area contributed by atoms with Gasteiger partial charge in [-0.1, -0.05) is 134 Å². The third-order valence-electron chi connectivity index (χ3n) is 10.5. The molecule has 0 bridgehead atoms. The summed E-state index contributed by atoms with van der Waals surface area (Å²) in [6.45, 7) is 0. The van der Waals surface area contributed by atoms with Crippen molar-refractivity contribution in [1.29, 1.82) is 0 Å². The molecule has 6 heteroatoms. The van der Waals surface area contributed by atoms with Crippen LogP contribution in [0.5, 0.6) is 0 Å². The van der Waals surface area contributed by atoms with E-state index in [0.29, 0.717) is 0 Å². The lowest BCUT2D eigenvalue weighted by Crippen LogP contribution is -2.46. The first-order valence-corrected chi connectivity index (χ1v) is 17.4. The molecule has 11 rings (SSSR count). The van der Waals surface area contributed by atoms with Crippen LogP contribution >= 0.6 is 0 Å². The Hall–Kier alpha value is -6.18. The highest BCUT2D eigenvalue weighted by molar-refractivity contribution is 6.19. The number of nitrogens with one attached hydrogen (secondary N) is 2. The number of fused-ring (bicyclic) bond motifs is 10. The van der Waals surface area contributed by atoms with E-state index in [9.17, 15) is 0 Å². The summed E-state index contributed by atoms with van der Waals surface area (Å²) in [5.41, 5.74) is 10.00. The number of furan rings is 2. The minimum absolute atomic E-state index is 0.186. The topological polar surface area (TPSA) is 69.4 Å². The quantitative estimate of drug-likeness (QED) is 0.197. The van der Waals surface area contributed by atoms with E-state index < -0.39 is 6.29 Å². The van der Waals surface area contributed by atoms with Crippen molar-refractivity contribution in [3.05, 3.63) is 174 Å². The van der Waals surface area contributed by atoms with Crippen molar-refractivity contribution in [2.45, 2.75) is 18.6 Å². The lowest BCUT2D eigenvalue weighted by atomic mass is 10.0. The summed E-state index contributed by atoms with van der Waals surface area (Å²) in [4.78, 5) is 0. The molecule has 7 aromatic carbocycles. The fraction of sp³-hybridized carbons (Fsp3) is 0.0667. The largest absolute Gasteiger partial charge is 0.610 e. The molecule has 4 heterocycles. The first kappa shape index (κ1) is 28.6. The van der Waals surface area contributed by atoms with Gasteiger partial charge in [-0.15, -0.1) is 0 Å². The Morgan fingerprint density at radius 2 is 1.18 bits per heavy atom. The van der Waals surface area contributed by atoms with Crippen molar-refractivity contribution in [2.24, 2.45) is 0 Å². The van der Waals surface area contributed by atoms with Gasteiger partial charge < -0.3 is 24.0 Å². The van der Waals surface area contributed by atoms with E-state index in [1.165, 1.54) is 21.9 Å². The van der Waals surface area contributed by atoms with Crippen LogP contribution in [0.1, 0.15) is 29.7 Å². The van der Waals surface area contributed by atoms with Crippen LogP contribution in [0.15, 0.2) is 167 Å². The van der Waals surface area contributed by atoms with E-state index in [-0.39, 0.29) is 12.3 Å². The third-order valence-corrected chi connectivity index (χ3v) is 10.5. The van der Waals surface area contributed by atoms with Gasteiger partial charge in [-0.25, -0.2) is 0 Å². The Morgan fingerprint density at radius 1 is 0.510 bits per heavy atom. The van der Waals surface area contributed by atoms with E-state index >= 15 is 0 Å². The van der Waals surface area contributed by atoms with Gasteiger partial charge in [-0.05, 0) is 53.3 Å². The summed E-state index contributed by atoms with van der Waals surface area (Å²) in [6.07, 6.45) is -0.948. The van der Waals surface area contributed by atoms with Crippen LogP contribution in [-0.4, -0.2) is 4.57 Å². The fourth-order valence-corrected chi connectivity index (χ4v) is 8.21. The zero-order chi connectivity index (χ0) is 33.5. The first-order valence-electron chi connectivity index (χ1n) is 17.4. The number of hydrogen-bond acceptors (Lipinski definition) is 4. The third kappa shape index (κ3) is 4.34. The van der Waals surface area contributed by atoms with Crippen molar-refractivity contribution in [1.82, 2.24) is 15.2 Å². The van der Waals surface area contributed by atoms with Crippen molar-refractivity contribution < 1.29 is 8.83 Å². The SMILES string of the molecule is c1ccc(-c2cccc3c4ccccc4n(C4[N-]C(c5cccc6oc7c(ccc8c9ccccc9oc87)c56)NC(c5ccccc5)N4)c23)cc1. The maximum atomic E-state index is 6.63. The van der Waals surface area contributed by atoms with E-state index in [2.05, 4.69) is 149 Å². The Bertz CT molecular complexity index is 2920. The predicted molar refractivity (Wildman–Crippen MR) is 206 cm³/mol. The summed E-state index contributed by atoms with van der Waals surface area (Å²) >= 11 is 0. The van der Waals surface area contributed by atoms with E-state index in [1.54, 1.807) is 0 Å². The first-order chi connectivity index (χ1) is 25.3. The normalized spacial score (nSPS) is 18.2. The Balaban J connectivity index is 1.13. The maximum absolute atomic E-state index is 6.63. The molecule has 0 radical (unpaired) electrons. The number of para-hydroxylation sites is 3. The molecule has 6 nitrogen and oxygen atoms in total. The van der Waals surface area contributed by atoms with Crippen LogP contribution in [0.4, 0.5) is 0 Å². The van der Waals surface area contributed by atoms with Crippen LogP contribution in [0, 0.1) is 0 Å². The Kier molecular flexibility index (Phi) is 6.27. The van der Waals surface area contributed by atoms with Gasteiger partial charge in [-0.3, -0.25) is 5.32 Å². The molecule has 0 aliphatic carbocycles. The lowest BCUT2D eigenvalue weighted by molar-refractivity contribution is 0.275. The van der Waals surface area contributed by atoms with Crippen molar-refractivity contribution >= 4 is 65.7 Å². The minimum atomic E-state index is -0.399. The van der Waals surface area contributed by atoms with Gasteiger partial charge in [0, 0.05) is 43.4 Å². The zero-order valence-electron chi connectivity index (χ0n) is 27.5. The van der Waals surface area contributed by atoms with Gasteiger partial charge in [0.1, 0.15) is 11.2 Å². The monoisotopic (exact) mass is 659 g/mol. The fourth-order valence-electron chi connectivity index (χ4n) is 8.21. The predicted octanol–water partition coefficient (Wildman–Crippen LogP) is 11.7. The summed E-state index contributed by atoms with van der Waals surface area (Å²) in [6, 6.07) is 55.2. The highest BCUT2D eigenvalue weighted by Crippen LogP contribution is 2.46. The van der Waals surface area contributed by atoms with Gasteiger partial charge in [0.2, 0.25) is 0 Å². The van der Waals surface area contributed by atoms with Crippen LogP contribution < -0.4 is 10.6 Å². The molecule has 0 amide bonds. The summed E-state index contributed by atoms with van der Waals surface area (Å²) in [5, 5.41) is 20.0. The number of aromatic nitrogens is 1. The molecule has 51 heavy (non-hydrogen) atoms. The van der Waals surface area contributed by atoms with E-state index in [0.717, 1.165) is 66.0 Å². The lowest BCUT2D eigenvalue weighted by Gasteiger charge is -2.51. The molecule has 2 N–H and O–H groups in total. The number of hydrogen-bond donors (Lipinski definition) is 2. The van der Waals surface area contributed by atoms with Gasteiger partial charge in [-0.2, -0.15) is 0 Å². The molecule has 1 aliphatic heterocycles. The van der Waals surface area contributed by atoms with Crippen LogP contribution in [0.3, 0.4) is 0 Å². The molecule has 3 unspecified atom stereocenters. The number of benzene rings is 7. The molecule has 0 spiro atoms. The average molecular weight is 660 g/mol. The summed E-state index contributed by atoms with van der Waals surface area (Å²) in [5.74, 6) is 0. The molecule has 1 fully saturated rings. The second kappa shape index (κ2) is 11.2. The van der Waals surface area contributed by atoms with Crippen molar-refractivity contribution in [2.75, 3.05) is 0 Å². The van der Waals surface area contributed by atoms with E-state index in [4.69, 9.17) is 14.2 Å². The zero-order valence-corrected chi connectivity index (χ0v) is 27.5. The molecule has 1 saturated heterocycles. The van der Waals surface area contributed by atoms with Crippen LogP contribution in [-0.2, 0) is 0 Å². The highest BCUT2D eigenvalue weighted by atomic mass is 16.4. The van der Waals surface area contributed by atoms with Gasteiger partial charge >= 0.3 is 0 Å².